The van der Waals surface area contributed by atoms with Crippen LogP contribution < -0.4 is 5.32 Å². The first kappa shape index (κ1) is 12.4. The first-order valence-corrected chi connectivity index (χ1v) is 6.69. The predicted molar refractivity (Wildman–Crippen MR) is 71.9 cm³/mol. The summed E-state index contributed by atoms with van der Waals surface area (Å²) >= 11 is 1.72. The summed E-state index contributed by atoms with van der Waals surface area (Å²) in [5.41, 5.74) is 1.01. The first-order chi connectivity index (χ1) is 7.96. The van der Waals surface area contributed by atoms with Crippen molar-refractivity contribution in [3.63, 3.8) is 0 Å². The fourth-order valence-corrected chi connectivity index (χ4v) is 2.85. The minimum atomic E-state index is -0.207. The number of hydrogen-bond acceptors (Lipinski definition) is 2. The third kappa shape index (κ3) is 3.22. The van der Waals surface area contributed by atoms with Gasteiger partial charge in [-0.25, -0.2) is 4.39 Å². The van der Waals surface area contributed by atoms with Crippen molar-refractivity contribution in [1.82, 2.24) is 5.32 Å². The summed E-state index contributed by atoms with van der Waals surface area (Å²) in [6, 6.07) is 6.60. The van der Waals surface area contributed by atoms with Crippen LogP contribution in [0.15, 0.2) is 29.3 Å². The summed E-state index contributed by atoms with van der Waals surface area (Å²) in [7, 11) is 0. The summed E-state index contributed by atoms with van der Waals surface area (Å²) in [5, 5.41) is 4.32. The van der Waals surface area contributed by atoms with Gasteiger partial charge < -0.3 is 5.32 Å². The zero-order valence-electron chi connectivity index (χ0n) is 10.3. The highest BCUT2D eigenvalue weighted by atomic mass is 32.2. The fourth-order valence-electron chi connectivity index (χ4n) is 1.70. The van der Waals surface area contributed by atoms with Crippen LogP contribution in [-0.2, 0) is 0 Å². The predicted octanol–water partition coefficient (Wildman–Crippen LogP) is 3.36. The van der Waals surface area contributed by atoms with Crippen LogP contribution in [0.1, 0.15) is 32.4 Å². The van der Waals surface area contributed by atoms with Crippen LogP contribution in [0.2, 0.25) is 0 Å². The summed E-state index contributed by atoms with van der Waals surface area (Å²) in [6.07, 6.45) is 0. The van der Waals surface area contributed by atoms with Gasteiger partial charge in [0.1, 0.15) is 5.82 Å². The van der Waals surface area contributed by atoms with Gasteiger partial charge in [0.15, 0.2) is 5.17 Å². The smallest absolute Gasteiger partial charge is 0.157 e. The lowest BCUT2D eigenvalue weighted by Gasteiger charge is -2.16. The van der Waals surface area contributed by atoms with Crippen LogP contribution in [-0.4, -0.2) is 16.5 Å². The maximum atomic E-state index is 13.1. The molecule has 0 amide bonds. The molecule has 1 unspecified atom stereocenters. The van der Waals surface area contributed by atoms with E-state index in [1.807, 2.05) is 13.0 Å². The SMILES string of the molecule is CC(N=C1NC(C)(C)CS1)c1cccc(F)c1. The van der Waals surface area contributed by atoms with Gasteiger partial charge in [-0.3, -0.25) is 4.99 Å². The molecule has 0 spiro atoms. The van der Waals surface area contributed by atoms with Crippen LogP contribution in [0.3, 0.4) is 0 Å². The molecule has 1 aromatic rings. The fraction of sp³-hybridized carbons (Fsp3) is 0.462. The van der Waals surface area contributed by atoms with Crippen LogP contribution >= 0.6 is 11.8 Å². The third-order valence-electron chi connectivity index (χ3n) is 2.66. The van der Waals surface area contributed by atoms with Gasteiger partial charge in [-0.1, -0.05) is 23.9 Å². The first-order valence-electron chi connectivity index (χ1n) is 5.70. The molecule has 0 saturated carbocycles. The summed E-state index contributed by atoms with van der Waals surface area (Å²) in [6.45, 7) is 6.28. The van der Waals surface area contributed by atoms with Crippen molar-refractivity contribution in [3.05, 3.63) is 35.6 Å². The molecule has 0 aromatic heterocycles. The van der Waals surface area contributed by atoms with Gasteiger partial charge in [0.2, 0.25) is 0 Å². The van der Waals surface area contributed by atoms with Crippen molar-refractivity contribution in [3.8, 4) is 0 Å². The highest BCUT2D eigenvalue weighted by Crippen LogP contribution is 2.25. The molecule has 2 nitrogen and oxygen atoms in total. The molecule has 1 atom stereocenters. The van der Waals surface area contributed by atoms with E-state index >= 15 is 0 Å². The van der Waals surface area contributed by atoms with E-state index < -0.39 is 0 Å². The Morgan fingerprint density at radius 2 is 2.24 bits per heavy atom. The van der Waals surface area contributed by atoms with E-state index in [-0.39, 0.29) is 17.4 Å². The van der Waals surface area contributed by atoms with E-state index in [0.29, 0.717) is 0 Å². The second-order valence-corrected chi connectivity index (χ2v) is 5.93. The van der Waals surface area contributed by atoms with Gasteiger partial charge in [0, 0.05) is 11.3 Å². The molecule has 1 fully saturated rings. The Balaban J connectivity index is 2.12. The van der Waals surface area contributed by atoms with E-state index in [0.717, 1.165) is 16.5 Å². The standard InChI is InChI=1S/C13H17FN2S/c1-9(10-5-4-6-11(14)7-10)15-12-16-13(2,3)8-17-12/h4-7,9H,8H2,1-3H3,(H,15,16). The lowest BCUT2D eigenvalue weighted by atomic mass is 10.1. The van der Waals surface area contributed by atoms with Crippen molar-refractivity contribution in [2.45, 2.75) is 32.4 Å². The second-order valence-electron chi connectivity index (χ2n) is 4.96. The van der Waals surface area contributed by atoms with Crippen molar-refractivity contribution in [2.24, 2.45) is 4.99 Å². The zero-order valence-corrected chi connectivity index (χ0v) is 11.1. The Bertz CT molecular complexity index is 443. The van der Waals surface area contributed by atoms with Gasteiger partial charge in [-0.15, -0.1) is 0 Å². The van der Waals surface area contributed by atoms with Crippen molar-refractivity contribution in [2.75, 3.05) is 5.75 Å². The van der Waals surface area contributed by atoms with E-state index in [9.17, 15) is 4.39 Å². The number of hydrogen-bond donors (Lipinski definition) is 1. The number of amidine groups is 1. The number of halogens is 1. The average molecular weight is 252 g/mol. The molecule has 1 N–H and O–H groups in total. The quantitative estimate of drug-likeness (QED) is 0.873. The van der Waals surface area contributed by atoms with Gasteiger partial charge in [0.25, 0.3) is 0 Å². The van der Waals surface area contributed by atoms with Crippen molar-refractivity contribution in [1.29, 1.82) is 0 Å². The Labute approximate surface area is 106 Å². The number of thioether (sulfide) groups is 1. The van der Waals surface area contributed by atoms with Gasteiger partial charge in [-0.2, -0.15) is 0 Å². The normalized spacial score (nSPS) is 22.5. The lowest BCUT2D eigenvalue weighted by molar-refractivity contribution is 0.535. The van der Waals surface area contributed by atoms with E-state index in [1.165, 1.54) is 6.07 Å². The molecule has 1 saturated heterocycles. The number of nitrogens with one attached hydrogen (secondary N) is 1. The summed E-state index contributed by atoms with van der Waals surface area (Å²) in [5.74, 6) is 0.809. The summed E-state index contributed by atoms with van der Waals surface area (Å²) in [4.78, 5) is 4.58. The average Bonchev–Trinajstić information content (AvgIpc) is 2.58. The summed E-state index contributed by atoms with van der Waals surface area (Å²) < 4.78 is 13.1. The Morgan fingerprint density at radius 1 is 1.47 bits per heavy atom. The van der Waals surface area contributed by atoms with Crippen molar-refractivity contribution >= 4 is 16.9 Å². The van der Waals surface area contributed by atoms with Gasteiger partial charge in [-0.05, 0) is 38.5 Å². The Morgan fingerprint density at radius 3 is 2.82 bits per heavy atom. The lowest BCUT2D eigenvalue weighted by Crippen LogP contribution is -2.37. The molecular formula is C13H17FN2S. The molecule has 0 radical (unpaired) electrons. The number of benzene rings is 1. The monoisotopic (exact) mass is 252 g/mol. The largest absolute Gasteiger partial charge is 0.359 e. The molecule has 1 aliphatic heterocycles. The molecule has 92 valence electrons. The maximum Gasteiger partial charge on any atom is 0.157 e. The highest BCUT2D eigenvalue weighted by Gasteiger charge is 2.27. The number of rotatable bonds is 2. The molecule has 1 aromatic carbocycles. The van der Waals surface area contributed by atoms with E-state index in [1.54, 1.807) is 23.9 Å². The van der Waals surface area contributed by atoms with Crippen LogP contribution in [0.25, 0.3) is 0 Å². The number of aliphatic imine (C=N–C) groups is 1. The molecule has 4 heteroatoms. The Kier molecular flexibility index (Phi) is 3.43. The molecular weight excluding hydrogens is 235 g/mol. The highest BCUT2D eigenvalue weighted by molar-refractivity contribution is 8.14. The van der Waals surface area contributed by atoms with Gasteiger partial charge >= 0.3 is 0 Å². The second kappa shape index (κ2) is 4.69. The topological polar surface area (TPSA) is 24.4 Å². The van der Waals surface area contributed by atoms with Gasteiger partial charge in [0.05, 0.1) is 6.04 Å². The molecule has 2 rings (SSSR count). The minimum absolute atomic E-state index is 0.0189. The maximum absolute atomic E-state index is 13.1. The molecule has 17 heavy (non-hydrogen) atoms. The third-order valence-corrected chi connectivity index (χ3v) is 4.00. The van der Waals surface area contributed by atoms with E-state index in [2.05, 4.69) is 24.2 Å². The molecule has 1 aliphatic rings. The van der Waals surface area contributed by atoms with E-state index in [4.69, 9.17) is 0 Å². The van der Waals surface area contributed by atoms with Crippen LogP contribution in [0.5, 0.6) is 0 Å². The van der Waals surface area contributed by atoms with Crippen molar-refractivity contribution < 1.29 is 4.39 Å². The minimum Gasteiger partial charge on any atom is -0.359 e. The zero-order chi connectivity index (χ0) is 12.5. The number of nitrogens with zero attached hydrogens (tertiary/aromatic N) is 1. The van der Waals surface area contributed by atoms with Crippen LogP contribution in [0, 0.1) is 5.82 Å². The Hall–Kier alpha value is -1.03. The molecule has 1 heterocycles. The van der Waals surface area contributed by atoms with Crippen LogP contribution in [0.4, 0.5) is 4.39 Å². The molecule has 0 aliphatic carbocycles. The molecule has 0 bridgehead atoms.